The zero-order valence-electron chi connectivity index (χ0n) is 12.2. The summed E-state index contributed by atoms with van der Waals surface area (Å²) in [5, 5.41) is 3.93. The predicted octanol–water partition coefficient (Wildman–Crippen LogP) is 3.41. The summed E-state index contributed by atoms with van der Waals surface area (Å²) in [6.07, 6.45) is 1.11. The van der Waals surface area contributed by atoms with E-state index < -0.39 is 0 Å². The minimum absolute atomic E-state index is 0.104. The summed E-state index contributed by atoms with van der Waals surface area (Å²) in [5.41, 5.74) is -0.229. The van der Waals surface area contributed by atoms with Gasteiger partial charge in [0.2, 0.25) is 0 Å². The highest BCUT2D eigenvalue weighted by atomic mass is 35.5. The molecule has 0 aliphatic carbocycles. The number of rotatable bonds is 2. The molecular formula is C14H22ClN3O. The fourth-order valence-corrected chi connectivity index (χ4v) is 2.29. The highest BCUT2D eigenvalue weighted by Gasteiger charge is 2.37. The maximum atomic E-state index is 6.10. The number of nitrogens with one attached hydrogen (secondary N) is 1. The molecule has 1 aliphatic heterocycles. The highest BCUT2D eigenvalue weighted by molar-refractivity contribution is 6.29. The van der Waals surface area contributed by atoms with Crippen LogP contribution in [0.25, 0.3) is 0 Å². The average Bonchev–Trinajstić information content (AvgIpc) is 2.56. The van der Waals surface area contributed by atoms with Crippen LogP contribution in [0.2, 0.25) is 5.15 Å². The van der Waals surface area contributed by atoms with Crippen LogP contribution in [0.4, 0.5) is 5.82 Å². The van der Waals surface area contributed by atoms with Crippen molar-refractivity contribution in [1.82, 2.24) is 9.97 Å². The summed E-state index contributed by atoms with van der Waals surface area (Å²) in [5.74, 6) is 1.52. The second kappa shape index (κ2) is 4.91. The average molecular weight is 284 g/mol. The molecule has 106 valence electrons. The molecule has 0 saturated carbocycles. The maximum Gasteiger partial charge on any atom is 0.137 e. The lowest BCUT2D eigenvalue weighted by Gasteiger charge is -2.30. The SMILES string of the molecule is CC1OCCC1(C)Nc1cc(Cl)nc(C(C)(C)C)n1. The highest BCUT2D eigenvalue weighted by Crippen LogP contribution is 2.30. The Morgan fingerprint density at radius 1 is 1.42 bits per heavy atom. The number of halogens is 1. The van der Waals surface area contributed by atoms with Crippen LogP contribution in [-0.4, -0.2) is 28.2 Å². The van der Waals surface area contributed by atoms with Gasteiger partial charge in [-0.25, -0.2) is 9.97 Å². The Labute approximate surface area is 119 Å². The van der Waals surface area contributed by atoms with Crippen molar-refractivity contribution in [2.45, 2.75) is 58.1 Å². The number of hydrogen-bond donors (Lipinski definition) is 1. The van der Waals surface area contributed by atoms with E-state index in [9.17, 15) is 0 Å². The molecule has 2 heterocycles. The molecule has 2 rings (SSSR count). The normalized spacial score (nSPS) is 27.6. The third-order valence-electron chi connectivity index (χ3n) is 3.67. The molecule has 0 spiro atoms. The maximum absolute atomic E-state index is 6.10. The van der Waals surface area contributed by atoms with E-state index in [4.69, 9.17) is 16.3 Å². The van der Waals surface area contributed by atoms with Gasteiger partial charge in [-0.05, 0) is 20.3 Å². The fraction of sp³-hybridized carbons (Fsp3) is 0.714. The van der Waals surface area contributed by atoms with Crippen molar-refractivity contribution in [3.8, 4) is 0 Å². The number of hydrogen-bond acceptors (Lipinski definition) is 4. The summed E-state index contributed by atoms with van der Waals surface area (Å²) < 4.78 is 5.63. The van der Waals surface area contributed by atoms with Crippen molar-refractivity contribution < 1.29 is 4.74 Å². The molecule has 1 aromatic rings. The van der Waals surface area contributed by atoms with Gasteiger partial charge in [0.15, 0.2) is 0 Å². The Morgan fingerprint density at radius 2 is 2.11 bits per heavy atom. The van der Waals surface area contributed by atoms with E-state index in [2.05, 4.69) is 49.9 Å². The molecule has 0 radical (unpaired) electrons. The fourth-order valence-electron chi connectivity index (χ4n) is 2.11. The van der Waals surface area contributed by atoms with Gasteiger partial charge in [-0.3, -0.25) is 0 Å². The van der Waals surface area contributed by atoms with Gasteiger partial charge in [-0.15, -0.1) is 0 Å². The van der Waals surface area contributed by atoms with Crippen molar-refractivity contribution in [3.05, 3.63) is 17.0 Å². The lowest BCUT2D eigenvalue weighted by molar-refractivity contribution is 0.105. The quantitative estimate of drug-likeness (QED) is 0.845. The molecule has 2 atom stereocenters. The molecule has 19 heavy (non-hydrogen) atoms. The molecule has 4 nitrogen and oxygen atoms in total. The molecular weight excluding hydrogens is 262 g/mol. The van der Waals surface area contributed by atoms with Gasteiger partial charge in [0, 0.05) is 18.1 Å². The van der Waals surface area contributed by atoms with E-state index >= 15 is 0 Å². The number of anilines is 1. The smallest absolute Gasteiger partial charge is 0.137 e. The first-order valence-corrected chi connectivity index (χ1v) is 7.03. The minimum atomic E-state index is -0.125. The lowest BCUT2D eigenvalue weighted by atomic mass is 9.94. The van der Waals surface area contributed by atoms with Crippen molar-refractivity contribution >= 4 is 17.4 Å². The third kappa shape index (κ3) is 3.18. The first-order valence-electron chi connectivity index (χ1n) is 6.65. The lowest BCUT2D eigenvalue weighted by Crippen LogP contribution is -2.41. The zero-order chi connectivity index (χ0) is 14.3. The minimum Gasteiger partial charge on any atom is -0.376 e. The first-order chi connectivity index (χ1) is 8.71. The predicted molar refractivity (Wildman–Crippen MR) is 77.8 cm³/mol. The number of nitrogens with zero attached hydrogens (tertiary/aromatic N) is 2. The van der Waals surface area contributed by atoms with Crippen LogP contribution in [0.3, 0.4) is 0 Å². The Morgan fingerprint density at radius 3 is 2.63 bits per heavy atom. The van der Waals surface area contributed by atoms with Crippen molar-refractivity contribution in [1.29, 1.82) is 0 Å². The van der Waals surface area contributed by atoms with E-state index in [0.717, 1.165) is 24.7 Å². The summed E-state index contributed by atoms with van der Waals surface area (Å²) in [6.45, 7) is 11.2. The summed E-state index contributed by atoms with van der Waals surface area (Å²) >= 11 is 6.10. The Kier molecular flexibility index (Phi) is 3.76. The van der Waals surface area contributed by atoms with Gasteiger partial charge in [0.05, 0.1) is 11.6 Å². The number of ether oxygens (including phenoxy) is 1. The molecule has 1 aliphatic rings. The monoisotopic (exact) mass is 283 g/mol. The van der Waals surface area contributed by atoms with E-state index in [-0.39, 0.29) is 17.1 Å². The largest absolute Gasteiger partial charge is 0.376 e. The Hall–Kier alpha value is -0.870. The van der Waals surface area contributed by atoms with Crippen LogP contribution in [-0.2, 0) is 10.2 Å². The van der Waals surface area contributed by atoms with Crippen molar-refractivity contribution in [2.75, 3.05) is 11.9 Å². The third-order valence-corrected chi connectivity index (χ3v) is 3.86. The van der Waals surface area contributed by atoms with E-state index in [1.54, 1.807) is 6.07 Å². The van der Waals surface area contributed by atoms with Crippen LogP contribution in [0.5, 0.6) is 0 Å². The van der Waals surface area contributed by atoms with Gasteiger partial charge in [-0.2, -0.15) is 0 Å². The van der Waals surface area contributed by atoms with Gasteiger partial charge >= 0.3 is 0 Å². The van der Waals surface area contributed by atoms with Gasteiger partial charge in [-0.1, -0.05) is 32.4 Å². The zero-order valence-corrected chi connectivity index (χ0v) is 13.0. The topological polar surface area (TPSA) is 47.0 Å². The van der Waals surface area contributed by atoms with Gasteiger partial charge in [0.1, 0.15) is 16.8 Å². The van der Waals surface area contributed by atoms with Crippen molar-refractivity contribution in [3.63, 3.8) is 0 Å². The van der Waals surface area contributed by atoms with E-state index in [1.807, 2.05) is 0 Å². The second-order valence-corrected chi connectivity index (χ2v) is 6.84. The van der Waals surface area contributed by atoms with Crippen LogP contribution in [0, 0.1) is 0 Å². The molecule has 0 aromatic carbocycles. The molecule has 2 unspecified atom stereocenters. The number of aromatic nitrogens is 2. The molecule has 0 amide bonds. The summed E-state index contributed by atoms with van der Waals surface area (Å²) in [4.78, 5) is 8.89. The van der Waals surface area contributed by atoms with Crippen LogP contribution >= 0.6 is 11.6 Å². The molecule has 0 bridgehead atoms. The summed E-state index contributed by atoms with van der Waals surface area (Å²) in [6, 6.07) is 1.77. The first kappa shape index (κ1) is 14.5. The Balaban J connectivity index is 2.28. The second-order valence-electron chi connectivity index (χ2n) is 6.46. The molecule has 1 N–H and O–H groups in total. The molecule has 5 heteroatoms. The van der Waals surface area contributed by atoms with E-state index in [1.165, 1.54) is 0 Å². The van der Waals surface area contributed by atoms with Crippen LogP contribution in [0.1, 0.15) is 46.9 Å². The van der Waals surface area contributed by atoms with Gasteiger partial charge in [0.25, 0.3) is 0 Å². The van der Waals surface area contributed by atoms with E-state index in [0.29, 0.717) is 5.15 Å². The molecule has 1 fully saturated rings. The standard InChI is InChI=1S/C14H22ClN3O/c1-9-14(5,6-7-19-9)18-11-8-10(15)16-12(17-11)13(2,3)4/h8-9H,6-7H2,1-5H3,(H,16,17,18). The Bertz CT molecular complexity index is 472. The molecule has 1 saturated heterocycles. The van der Waals surface area contributed by atoms with Crippen LogP contribution < -0.4 is 5.32 Å². The van der Waals surface area contributed by atoms with Crippen molar-refractivity contribution in [2.24, 2.45) is 0 Å². The summed E-state index contributed by atoms with van der Waals surface area (Å²) in [7, 11) is 0. The molecule has 1 aromatic heterocycles. The van der Waals surface area contributed by atoms with Gasteiger partial charge < -0.3 is 10.1 Å². The van der Waals surface area contributed by atoms with Crippen LogP contribution in [0.15, 0.2) is 6.07 Å².